The second-order valence-electron chi connectivity index (χ2n) is 2.67. The van der Waals surface area contributed by atoms with Crippen molar-refractivity contribution in [3.8, 4) is 11.5 Å². The van der Waals surface area contributed by atoms with Gasteiger partial charge >= 0.3 is 0 Å². The molecule has 0 unspecified atom stereocenters. The van der Waals surface area contributed by atoms with Crippen molar-refractivity contribution in [1.29, 1.82) is 0 Å². The van der Waals surface area contributed by atoms with Crippen LogP contribution in [-0.4, -0.2) is 0 Å². The Morgan fingerprint density at radius 1 is 1.13 bits per heavy atom. The molecule has 1 radical (unpaired) electrons. The third-order valence-electron chi connectivity index (χ3n) is 1.67. The standard InChI is InChI=1S/C10H4Cl3OS/c11-6-2-1-3-8(10(6)13)14-9-5-15-4-7(9)12/h1-3,5H. The van der Waals surface area contributed by atoms with Crippen LogP contribution in [0.15, 0.2) is 23.6 Å². The van der Waals surface area contributed by atoms with Crippen LogP contribution in [0.1, 0.15) is 0 Å². The summed E-state index contributed by atoms with van der Waals surface area (Å²) in [4.78, 5) is 0. The number of hydrogen-bond acceptors (Lipinski definition) is 2. The van der Waals surface area contributed by atoms with Crippen LogP contribution in [0.25, 0.3) is 0 Å². The molecule has 1 nitrogen and oxygen atoms in total. The van der Waals surface area contributed by atoms with Gasteiger partial charge in [0.25, 0.3) is 0 Å². The van der Waals surface area contributed by atoms with E-state index in [1.54, 1.807) is 23.6 Å². The van der Waals surface area contributed by atoms with Gasteiger partial charge in [0.2, 0.25) is 0 Å². The van der Waals surface area contributed by atoms with E-state index < -0.39 is 0 Å². The molecule has 1 aromatic heterocycles. The molecule has 0 saturated heterocycles. The van der Waals surface area contributed by atoms with Crippen LogP contribution in [0.5, 0.6) is 11.5 Å². The van der Waals surface area contributed by atoms with Gasteiger partial charge in [0.15, 0.2) is 5.75 Å². The predicted octanol–water partition coefficient (Wildman–Crippen LogP) is 5.30. The highest BCUT2D eigenvalue weighted by Gasteiger charge is 2.09. The highest BCUT2D eigenvalue weighted by Crippen LogP contribution is 2.38. The molecule has 5 heteroatoms. The molecular formula is C10H4Cl3OS. The van der Waals surface area contributed by atoms with E-state index in [2.05, 4.69) is 5.38 Å². The molecule has 15 heavy (non-hydrogen) atoms. The molecule has 0 spiro atoms. The van der Waals surface area contributed by atoms with Gasteiger partial charge < -0.3 is 4.74 Å². The Hall–Kier alpha value is -0.410. The summed E-state index contributed by atoms with van der Waals surface area (Å²) in [5, 5.41) is 5.84. The fourth-order valence-electron chi connectivity index (χ4n) is 0.987. The highest BCUT2D eigenvalue weighted by atomic mass is 35.5. The van der Waals surface area contributed by atoms with E-state index >= 15 is 0 Å². The van der Waals surface area contributed by atoms with Gasteiger partial charge in [-0.05, 0) is 12.1 Å². The number of ether oxygens (including phenoxy) is 1. The molecule has 0 fully saturated rings. The number of hydrogen-bond donors (Lipinski definition) is 0. The molecule has 0 saturated carbocycles. The molecule has 2 aromatic rings. The van der Waals surface area contributed by atoms with Crippen molar-refractivity contribution in [3.63, 3.8) is 0 Å². The molecule has 0 aliphatic carbocycles. The Balaban J connectivity index is 2.33. The second-order valence-corrected chi connectivity index (χ2v) is 4.51. The predicted molar refractivity (Wildman–Crippen MR) is 64.7 cm³/mol. The Labute approximate surface area is 106 Å². The lowest BCUT2D eigenvalue weighted by Gasteiger charge is -2.06. The fourth-order valence-corrected chi connectivity index (χ4v) is 2.14. The van der Waals surface area contributed by atoms with E-state index in [4.69, 9.17) is 39.5 Å². The monoisotopic (exact) mass is 277 g/mol. The summed E-state index contributed by atoms with van der Waals surface area (Å²) >= 11 is 19.0. The van der Waals surface area contributed by atoms with Crippen molar-refractivity contribution < 1.29 is 4.74 Å². The zero-order valence-electron chi connectivity index (χ0n) is 7.26. The van der Waals surface area contributed by atoms with E-state index in [-0.39, 0.29) is 0 Å². The van der Waals surface area contributed by atoms with Gasteiger partial charge in [0.1, 0.15) is 15.8 Å². The van der Waals surface area contributed by atoms with Gasteiger partial charge in [0.05, 0.1) is 10.4 Å². The Kier molecular flexibility index (Phi) is 3.42. The first-order valence-corrected chi connectivity index (χ1v) is 5.96. The smallest absolute Gasteiger partial charge is 0.157 e. The fraction of sp³-hybridized carbons (Fsp3) is 0. The van der Waals surface area contributed by atoms with Crippen molar-refractivity contribution in [3.05, 3.63) is 44.0 Å². The van der Waals surface area contributed by atoms with Gasteiger partial charge in [-0.15, -0.1) is 11.3 Å². The quantitative estimate of drug-likeness (QED) is 0.724. The summed E-state index contributed by atoms with van der Waals surface area (Å²) in [6.07, 6.45) is 0. The van der Waals surface area contributed by atoms with Crippen molar-refractivity contribution >= 4 is 46.1 Å². The van der Waals surface area contributed by atoms with Gasteiger partial charge in [-0.3, -0.25) is 0 Å². The first-order chi connectivity index (χ1) is 7.18. The van der Waals surface area contributed by atoms with Crippen LogP contribution in [0.3, 0.4) is 0 Å². The topological polar surface area (TPSA) is 9.23 Å². The maximum Gasteiger partial charge on any atom is 0.157 e. The Bertz CT molecular complexity index is 481. The number of benzene rings is 1. The molecule has 0 atom stereocenters. The van der Waals surface area contributed by atoms with E-state index in [0.717, 1.165) is 0 Å². The molecule has 1 heterocycles. The average Bonchev–Trinajstić information content (AvgIpc) is 2.60. The summed E-state index contributed by atoms with van der Waals surface area (Å²) in [6, 6.07) is 5.17. The van der Waals surface area contributed by atoms with Gasteiger partial charge in [-0.1, -0.05) is 40.9 Å². The van der Waals surface area contributed by atoms with Crippen LogP contribution >= 0.6 is 46.1 Å². The summed E-state index contributed by atoms with van der Waals surface area (Å²) in [5.41, 5.74) is 0. The van der Waals surface area contributed by atoms with Crippen LogP contribution in [-0.2, 0) is 0 Å². The van der Waals surface area contributed by atoms with Gasteiger partial charge in [-0.2, -0.15) is 0 Å². The molecule has 0 amide bonds. The summed E-state index contributed by atoms with van der Waals surface area (Å²) in [7, 11) is 0. The molecule has 0 bridgehead atoms. The average molecular weight is 279 g/mol. The third kappa shape index (κ3) is 2.40. The lowest BCUT2D eigenvalue weighted by Crippen LogP contribution is -1.84. The second kappa shape index (κ2) is 4.62. The van der Waals surface area contributed by atoms with Crippen molar-refractivity contribution in [2.75, 3.05) is 0 Å². The van der Waals surface area contributed by atoms with E-state index in [0.29, 0.717) is 26.6 Å². The van der Waals surface area contributed by atoms with Crippen LogP contribution in [0, 0.1) is 5.38 Å². The molecule has 0 aliphatic rings. The summed E-state index contributed by atoms with van der Waals surface area (Å²) < 4.78 is 5.49. The summed E-state index contributed by atoms with van der Waals surface area (Å²) in [5.74, 6) is 1.02. The van der Waals surface area contributed by atoms with Crippen LogP contribution in [0.4, 0.5) is 0 Å². The van der Waals surface area contributed by atoms with Crippen LogP contribution < -0.4 is 4.74 Å². The van der Waals surface area contributed by atoms with Gasteiger partial charge in [-0.25, -0.2) is 0 Å². The summed E-state index contributed by atoms with van der Waals surface area (Å²) in [6.45, 7) is 0. The third-order valence-corrected chi connectivity index (χ3v) is 3.52. The molecule has 77 valence electrons. The highest BCUT2D eigenvalue weighted by molar-refractivity contribution is 7.08. The number of rotatable bonds is 2. The first kappa shape index (κ1) is 11.1. The maximum absolute atomic E-state index is 5.96. The minimum Gasteiger partial charge on any atom is -0.453 e. The Morgan fingerprint density at radius 3 is 2.60 bits per heavy atom. The largest absolute Gasteiger partial charge is 0.453 e. The normalized spacial score (nSPS) is 10.3. The molecule has 2 rings (SSSR count). The van der Waals surface area contributed by atoms with E-state index in [1.165, 1.54) is 11.3 Å². The molecule has 1 aromatic carbocycles. The number of thiophene rings is 1. The van der Waals surface area contributed by atoms with Crippen molar-refractivity contribution in [1.82, 2.24) is 0 Å². The van der Waals surface area contributed by atoms with Gasteiger partial charge in [0, 0.05) is 5.38 Å². The lowest BCUT2D eigenvalue weighted by molar-refractivity contribution is 0.485. The number of halogens is 3. The molecule has 0 N–H and O–H groups in total. The zero-order chi connectivity index (χ0) is 10.8. The van der Waals surface area contributed by atoms with Crippen molar-refractivity contribution in [2.24, 2.45) is 0 Å². The first-order valence-electron chi connectivity index (χ1n) is 3.95. The van der Waals surface area contributed by atoms with E-state index in [1.807, 2.05) is 0 Å². The zero-order valence-corrected chi connectivity index (χ0v) is 10.3. The lowest BCUT2D eigenvalue weighted by atomic mass is 10.3. The Morgan fingerprint density at radius 2 is 1.93 bits per heavy atom. The molecule has 0 aliphatic heterocycles. The minimum atomic E-state index is 0.376. The van der Waals surface area contributed by atoms with Crippen LogP contribution in [0.2, 0.25) is 15.1 Å². The molecular weight excluding hydrogens is 275 g/mol. The van der Waals surface area contributed by atoms with Crippen molar-refractivity contribution in [2.45, 2.75) is 0 Å². The minimum absolute atomic E-state index is 0.376. The SMILES string of the molecule is Clc1[c]scc1Oc1cccc(Cl)c1Cl. The maximum atomic E-state index is 5.96. The van der Waals surface area contributed by atoms with E-state index in [9.17, 15) is 0 Å².